The molecular formula is C26H42O3. The number of aliphatic hydroxyl groups is 1. The lowest BCUT2D eigenvalue weighted by atomic mass is 9.72. The van der Waals surface area contributed by atoms with Crippen molar-refractivity contribution in [2.45, 2.75) is 86.5 Å². The van der Waals surface area contributed by atoms with Crippen LogP contribution in [-0.2, 0) is 4.79 Å². The molecule has 0 aromatic carbocycles. The van der Waals surface area contributed by atoms with Crippen LogP contribution in [0.3, 0.4) is 0 Å². The predicted molar refractivity (Wildman–Crippen MR) is 125 cm³/mol. The number of carboxylic acid groups (broad SMARTS) is 1. The van der Waals surface area contributed by atoms with Crippen molar-refractivity contribution in [1.82, 2.24) is 0 Å². The highest BCUT2D eigenvalue weighted by Gasteiger charge is 2.26. The van der Waals surface area contributed by atoms with Crippen LogP contribution >= 0.6 is 0 Å². The molecule has 2 N–H and O–H groups in total. The molecule has 164 valence electrons. The van der Waals surface area contributed by atoms with E-state index in [4.69, 9.17) is 10.2 Å². The molecule has 0 aromatic heterocycles. The largest absolute Gasteiger partial charge is 0.481 e. The van der Waals surface area contributed by atoms with Gasteiger partial charge in [-0.25, -0.2) is 0 Å². The van der Waals surface area contributed by atoms with Crippen molar-refractivity contribution >= 4 is 5.97 Å². The number of unbranched alkanes of at least 4 members (excludes halogenated alkanes) is 2. The zero-order valence-electron chi connectivity index (χ0n) is 19.4. The van der Waals surface area contributed by atoms with Gasteiger partial charge in [0.15, 0.2) is 0 Å². The van der Waals surface area contributed by atoms with E-state index in [1.165, 1.54) is 36.0 Å². The van der Waals surface area contributed by atoms with Crippen molar-refractivity contribution in [3.63, 3.8) is 0 Å². The van der Waals surface area contributed by atoms with Crippen molar-refractivity contribution in [1.29, 1.82) is 0 Å². The van der Waals surface area contributed by atoms with Gasteiger partial charge < -0.3 is 10.2 Å². The number of hydrogen-bond donors (Lipinski definition) is 2. The van der Waals surface area contributed by atoms with E-state index in [2.05, 4.69) is 52.8 Å². The van der Waals surface area contributed by atoms with E-state index in [1.807, 2.05) is 19.1 Å². The van der Waals surface area contributed by atoms with Crippen LogP contribution in [0, 0.1) is 5.41 Å². The van der Waals surface area contributed by atoms with Gasteiger partial charge in [-0.2, -0.15) is 0 Å². The van der Waals surface area contributed by atoms with E-state index >= 15 is 0 Å². The highest BCUT2D eigenvalue weighted by molar-refractivity contribution is 5.66. The van der Waals surface area contributed by atoms with E-state index in [-0.39, 0.29) is 6.61 Å². The molecule has 29 heavy (non-hydrogen) atoms. The molecule has 0 spiro atoms. The summed E-state index contributed by atoms with van der Waals surface area (Å²) >= 11 is 0. The summed E-state index contributed by atoms with van der Waals surface area (Å²) in [5.41, 5.74) is 5.66. The fourth-order valence-corrected chi connectivity index (χ4v) is 3.37. The summed E-state index contributed by atoms with van der Waals surface area (Å²) in [5.74, 6) is -0.682. The molecule has 0 aromatic rings. The summed E-state index contributed by atoms with van der Waals surface area (Å²) in [6, 6.07) is 0. The van der Waals surface area contributed by atoms with Crippen LogP contribution in [0.1, 0.15) is 86.5 Å². The molecule has 0 saturated heterocycles. The highest BCUT2D eigenvalue weighted by Crippen LogP contribution is 2.40. The van der Waals surface area contributed by atoms with Gasteiger partial charge in [0, 0.05) is 6.42 Å². The maximum atomic E-state index is 9.87. The lowest BCUT2D eigenvalue weighted by Crippen LogP contribution is -2.19. The standard InChI is InChI=1S/C20H30O.C6H12O2/c1-16(8-6-9-17(2)13-15-21)11-12-19-18(3)10-7-14-20(19,4)5;1-2-3-4-5-6(7)8/h6,8-9,11-13,21H,7,10,14-15H2,1-5H3;2-5H2,1H3,(H,7,8)/b9-6+,12-11+,16-8+,17-13+;. The smallest absolute Gasteiger partial charge is 0.303 e. The Morgan fingerprint density at radius 3 is 2.38 bits per heavy atom. The lowest BCUT2D eigenvalue weighted by molar-refractivity contribution is -0.137. The van der Waals surface area contributed by atoms with E-state index < -0.39 is 5.97 Å². The molecule has 0 amide bonds. The van der Waals surface area contributed by atoms with Crippen LogP contribution in [0.25, 0.3) is 0 Å². The Morgan fingerprint density at radius 2 is 1.83 bits per heavy atom. The highest BCUT2D eigenvalue weighted by atomic mass is 16.4. The quantitative estimate of drug-likeness (QED) is 0.318. The maximum absolute atomic E-state index is 9.87. The zero-order valence-corrected chi connectivity index (χ0v) is 19.4. The number of aliphatic carboxylic acids is 1. The zero-order chi connectivity index (χ0) is 22.3. The van der Waals surface area contributed by atoms with Gasteiger partial charge in [0.25, 0.3) is 0 Å². The Bertz CT molecular complexity index is 643. The van der Waals surface area contributed by atoms with Crippen molar-refractivity contribution in [2.75, 3.05) is 6.61 Å². The van der Waals surface area contributed by atoms with Crippen LogP contribution in [0.15, 0.2) is 58.7 Å². The molecule has 1 aliphatic carbocycles. The van der Waals surface area contributed by atoms with E-state index in [0.29, 0.717) is 11.8 Å². The third-order valence-electron chi connectivity index (χ3n) is 5.18. The number of rotatable bonds is 9. The second-order valence-corrected chi connectivity index (χ2v) is 8.52. The normalized spacial score (nSPS) is 17.6. The summed E-state index contributed by atoms with van der Waals surface area (Å²) in [6.07, 6.45) is 19.6. The second-order valence-electron chi connectivity index (χ2n) is 8.52. The average molecular weight is 403 g/mol. The maximum Gasteiger partial charge on any atom is 0.303 e. The van der Waals surface area contributed by atoms with Crippen LogP contribution < -0.4 is 0 Å². The Hall–Kier alpha value is -1.87. The van der Waals surface area contributed by atoms with Crippen molar-refractivity contribution in [3.05, 3.63) is 58.7 Å². The first-order valence-corrected chi connectivity index (χ1v) is 10.9. The number of carboxylic acids is 1. The topological polar surface area (TPSA) is 57.5 Å². The molecular weight excluding hydrogens is 360 g/mol. The van der Waals surface area contributed by atoms with Gasteiger partial charge >= 0.3 is 5.97 Å². The molecule has 0 unspecified atom stereocenters. The number of hydrogen-bond acceptors (Lipinski definition) is 2. The van der Waals surface area contributed by atoms with Crippen molar-refractivity contribution in [3.8, 4) is 0 Å². The molecule has 0 bridgehead atoms. The average Bonchev–Trinajstić information content (AvgIpc) is 2.61. The fourth-order valence-electron chi connectivity index (χ4n) is 3.37. The minimum absolute atomic E-state index is 0.0985. The Kier molecular flexibility index (Phi) is 14.1. The molecule has 1 rings (SSSR count). The van der Waals surface area contributed by atoms with Gasteiger partial charge in [-0.1, -0.05) is 86.8 Å². The lowest BCUT2D eigenvalue weighted by Gasteiger charge is -2.32. The summed E-state index contributed by atoms with van der Waals surface area (Å²) in [6.45, 7) is 13.2. The third kappa shape index (κ3) is 13.1. The van der Waals surface area contributed by atoms with Crippen LogP contribution in [0.5, 0.6) is 0 Å². The molecule has 3 nitrogen and oxygen atoms in total. The van der Waals surface area contributed by atoms with Crippen molar-refractivity contribution < 1.29 is 15.0 Å². The molecule has 3 heteroatoms. The Labute approximate surface area is 178 Å². The van der Waals surface area contributed by atoms with Gasteiger partial charge in [-0.05, 0) is 57.4 Å². The minimum atomic E-state index is -0.682. The Morgan fingerprint density at radius 1 is 1.14 bits per heavy atom. The van der Waals surface area contributed by atoms with Crippen molar-refractivity contribution in [2.24, 2.45) is 5.41 Å². The fraction of sp³-hybridized carbons (Fsp3) is 0.577. The van der Waals surface area contributed by atoms with Crippen LogP contribution in [0.4, 0.5) is 0 Å². The van der Waals surface area contributed by atoms with Gasteiger partial charge in [0.05, 0.1) is 6.61 Å². The van der Waals surface area contributed by atoms with E-state index in [0.717, 1.165) is 24.8 Å². The van der Waals surface area contributed by atoms with Gasteiger partial charge in [-0.3, -0.25) is 4.79 Å². The first-order chi connectivity index (χ1) is 13.6. The first kappa shape index (κ1) is 27.1. The summed E-state index contributed by atoms with van der Waals surface area (Å²) < 4.78 is 0. The summed E-state index contributed by atoms with van der Waals surface area (Å²) in [4.78, 5) is 9.87. The monoisotopic (exact) mass is 402 g/mol. The van der Waals surface area contributed by atoms with E-state index in [9.17, 15) is 4.79 Å². The first-order valence-electron chi connectivity index (χ1n) is 10.9. The van der Waals surface area contributed by atoms with Gasteiger partial charge in [0.2, 0.25) is 0 Å². The van der Waals surface area contributed by atoms with Crippen LogP contribution in [-0.4, -0.2) is 22.8 Å². The van der Waals surface area contributed by atoms with Crippen LogP contribution in [0.2, 0.25) is 0 Å². The predicted octanol–water partition coefficient (Wildman–Crippen LogP) is 7.16. The molecule has 0 fully saturated rings. The Balaban J connectivity index is 0.000000828. The number of carbonyl (C=O) groups is 1. The third-order valence-corrected chi connectivity index (χ3v) is 5.18. The SMILES string of the molecule is CC1=C(/C=C/C(C)=C/C=C/C(C)=C/CO)C(C)(C)CCC1.CCCCCC(=O)O. The molecule has 0 aliphatic heterocycles. The molecule has 0 radical (unpaired) electrons. The van der Waals surface area contributed by atoms with E-state index in [1.54, 1.807) is 6.08 Å². The molecule has 0 saturated carbocycles. The van der Waals surface area contributed by atoms with Gasteiger partial charge in [-0.15, -0.1) is 0 Å². The van der Waals surface area contributed by atoms with Gasteiger partial charge in [0.1, 0.15) is 0 Å². The molecule has 0 atom stereocenters. The number of aliphatic hydroxyl groups excluding tert-OH is 1. The summed E-state index contributed by atoms with van der Waals surface area (Å²) in [7, 11) is 0. The number of allylic oxidation sites excluding steroid dienone is 9. The molecule has 0 heterocycles. The summed E-state index contributed by atoms with van der Waals surface area (Å²) in [5, 5.41) is 16.9. The second kappa shape index (κ2) is 15.0. The minimum Gasteiger partial charge on any atom is -0.481 e. The molecule has 1 aliphatic rings.